The summed E-state index contributed by atoms with van der Waals surface area (Å²) in [4.78, 5) is 8.71. The van der Waals surface area contributed by atoms with E-state index in [1.54, 1.807) is 23.3 Å². The van der Waals surface area contributed by atoms with Crippen LogP contribution in [0.3, 0.4) is 0 Å². The molecule has 0 aliphatic carbocycles. The van der Waals surface area contributed by atoms with Crippen LogP contribution in [-0.4, -0.2) is 19.7 Å². The molecule has 0 aliphatic rings. The van der Waals surface area contributed by atoms with E-state index < -0.39 is 0 Å². The van der Waals surface area contributed by atoms with Crippen LogP contribution in [-0.2, 0) is 0 Å². The zero-order valence-electron chi connectivity index (χ0n) is 12.2. The Hall–Kier alpha value is -2.01. The molecule has 1 unspecified atom stereocenters. The van der Waals surface area contributed by atoms with Crippen molar-refractivity contribution in [3.05, 3.63) is 42.6 Å². The molecule has 2 aromatic rings. The summed E-state index contributed by atoms with van der Waals surface area (Å²) in [5.41, 5.74) is 8.92. The minimum atomic E-state index is -0.139. The van der Waals surface area contributed by atoms with E-state index in [-0.39, 0.29) is 6.04 Å². The molecule has 5 heteroatoms. The van der Waals surface area contributed by atoms with Gasteiger partial charge in [0.2, 0.25) is 0 Å². The lowest BCUT2D eigenvalue weighted by atomic mass is 10.0. The fourth-order valence-corrected chi connectivity index (χ4v) is 1.91. The third-order valence-electron chi connectivity index (χ3n) is 3.36. The zero-order chi connectivity index (χ0) is 14.7. The number of allylic oxidation sites excluding steroid dienone is 1. The highest BCUT2D eigenvalue weighted by Crippen LogP contribution is 2.22. The summed E-state index contributed by atoms with van der Waals surface area (Å²) in [5, 5.41) is 4.37. The lowest BCUT2D eigenvalue weighted by Gasteiger charge is -2.12. The molecule has 0 saturated heterocycles. The Bertz CT molecular complexity index is 600. The van der Waals surface area contributed by atoms with E-state index in [4.69, 9.17) is 5.73 Å². The van der Waals surface area contributed by atoms with E-state index >= 15 is 0 Å². The molecule has 0 aromatic carbocycles. The van der Waals surface area contributed by atoms with Crippen molar-refractivity contribution in [2.75, 3.05) is 0 Å². The van der Waals surface area contributed by atoms with Crippen LogP contribution in [0.5, 0.6) is 0 Å². The van der Waals surface area contributed by atoms with Gasteiger partial charge in [-0.3, -0.25) is 4.98 Å². The molecule has 0 saturated carbocycles. The maximum absolute atomic E-state index is 6.09. The van der Waals surface area contributed by atoms with Gasteiger partial charge in [0.05, 0.1) is 12.2 Å². The number of hydrogen-bond donors (Lipinski definition) is 1. The maximum Gasteiger partial charge on any atom is 0.176 e. The minimum Gasteiger partial charge on any atom is -0.323 e. The predicted octanol–water partition coefficient (Wildman–Crippen LogP) is 2.74. The van der Waals surface area contributed by atoms with E-state index in [2.05, 4.69) is 35.5 Å². The van der Waals surface area contributed by atoms with Gasteiger partial charge >= 0.3 is 0 Å². The average Bonchev–Trinajstić information content (AvgIpc) is 2.95. The van der Waals surface area contributed by atoms with E-state index in [0.717, 1.165) is 23.3 Å². The van der Waals surface area contributed by atoms with Gasteiger partial charge in [0.25, 0.3) is 0 Å². The Morgan fingerprint density at radius 2 is 2.05 bits per heavy atom. The van der Waals surface area contributed by atoms with E-state index in [1.165, 1.54) is 0 Å². The van der Waals surface area contributed by atoms with E-state index in [0.29, 0.717) is 11.7 Å². The first-order chi connectivity index (χ1) is 9.54. The lowest BCUT2D eigenvalue weighted by molar-refractivity contribution is 0.654. The first-order valence-corrected chi connectivity index (χ1v) is 6.85. The highest BCUT2D eigenvalue weighted by molar-refractivity contribution is 5.63. The van der Waals surface area contributed by atoms with Crippen molar-refractivity contribution in [2.24, 2.45) is 11.7 Å². The van der Waals surface area contributed by atoms with Gasteiger partial charge in [-0.2, -0.15) is 5.10 Å². The summed E-state index contributed by atoms with van der Waals surface area (Å²) >= 11 is 0. The van der Waals surface area contributed by atoms with Gasteiger partial charge in [-0.05, 0) is 17.9 Å². The molecule has 0 radical (unpaired) electrons. The van der Waals surface area contributed by atoms with Crippen LogP contribution < -0.4 is 5.73 Å². The topological polar surface area (TPSA) is 69.6 Å². The fourth-order valence-electron chi connectivity index (χ4n) is 1.91. The molecular weight excluding hydrogens is 250 g/mol. The van der Waals surface area contributed by atoms with Crippen LogP contribution in [0, 0.1) is 5.92 Å². The fraction of sp³-hybridized carbons (Fsp3) is 0.400. The molecule has 2 aromatic heterocycles. The third-order valence-corrected chi connectivity index (χ3v) is 3.36. The average molecular weight is 271 g/mol. The second-order valence-corrected chi connectivity index (χ2v) is 5.13. The second kappa shape index (κ2) is 5.96. The molecule has 0 spiro atoms. The normalized spacial score (nSPS) is 12.7. The number of hydrogen-bond acceptors (Lipinski definition) is 4. The first-order valence-electron chi connectivity index (χ1n) is 6.85. The van der Waals surface area contributed by atoms with Gasteiger partial charge in [0.1, 0.15) is 5.69 Å². The summed E-state index contributed by atoms with van der Waals surface area (Å²) < 4.78 is 1.72. The Kier molecular flexibility index (Phi) is 4.29. The zero-order valence-corrected chi connectivity index (χ0v) is 12.2. The molecule has 1 atom stereocenters. The van der Waals surface area contributed by atoms with Gasteiger partial charge in [0, 0.05) is 24.2 Å². The highest BCUT2D eigenvalue weighted by Gasteiger charge is 2.15. The quantitative estimate of drug-likeness (QED) is 0.907. The lowest BCUT2D eigenvalue weighted by Crippen LogP contribution is -2.15. The van der Waals surface area contributed by atoms with Crippen LogP contribution in [0.25, 0.3) is 11.4 Å². The molecule has 2 N–H and O–H groups in total. The Balaban J connectivity index is 2.40. The first kappa shape index (κ1) is 14.4. The van der Waals surface area contributed by atoms with Crippen LogP contribution in [0.4, 0.5) is 0 Å². The van der Waals surface area contributed by atoms with Crippen LogP contribution in [0.2, 0.25) is 0 Å². The smallest absolute Gasteiger partial charge is 0.176 e. The van der Waals surface area contributed by atoms with Crippen molar-refractivity contribution in [1.82, 2.24) is 19.7 Å². The molecule has 2 heterocycles. The van der Waals surface area contributed by atoms with Crippen LogP contribution >= 0.6 is 0 Å². The molecule has 5 nitrogen and oxygen atoms in total. The second-order valence-electron chi connectivity index (χ2n) is 5.13. The third kappa shape index (κ3) is 2.77. The number of nitrogens with two attached hydrogens (primary N) is 1. The van der Waals surface area contributed by atoms with Gasteiger partial charge in [0.15, 0.2) is 5.82 Å². The largest absolute Gasteiger partial charge is 0.323 e. The molecule has 0 bridgehead atoms. The van der Waals surface area contributed by atoms with E-state index in [9.17, 15) is 0 Å². The van der Waals surface area contributed by atoms with Gasteiger partial charge < -0.3 is 5.73 Å². The summed E-state index contributed by atoms with van der Waals surface area (Å²) in [6.45, 7) is 10.3. The molecule has 0 amide bonds. The van der Waals surface area contributed by atoms with E-state index in [1.807, 2.05) is 13.1 Å². The number of aromatic nitrogens is 4. The molecule has 106 valence electrons. The molecular formula is C15H21N5. The SMILES string of the molecule is C=C(c1cnn(-c2nccnc2C(N)CC)c1)C(C)C. The standard InChI is InChI=1S/C15H21N5/c1-5-13(16)14-15(18-7-6-17-14)20-9-12(8-19-20)11(4)10(2)3/h6-10,13H,4-5,16H2,1-3H3. The summed E-state index contributed by atoms with van der Waals surface area (Å²) in [7, 11) is 0. The van der Waals surface area contributed by atoms with Crippen molar-refractivity contribution in [2.45, 2.75) is 33.2 Å². The van der Waals surface area contributed by atoms with Gasteiger partial charge in [-0.25, -0.2) is 9.67 Å². The van der Waals surface area contributed by atoms with Crippen LogP contribution in [0.15, 0.2) is 31.4 Å². The monoisotopic (exact) mass is 271 g/mol. The van der Waals surface area contributed by atoms with Crippen molar-refractivity contribution >= 4 is 5.57 Å². The summed E-state index contributed by atoms with van der Waals surface area (Å²) in [6, 6.07) is -0.139. The maximum atomic E-state index is 6.09. The Labute approximate surface area is 119 Å². The van der Waals surface area contributed by atoms with Crippen LogP contribution in [0.1, 0.15) is 44.5 Å². The Morgan fingerprint density at radius 3 is 2.70 bits per heavy atom. The minimum absolute atomic E-state index is 0.139. The Morgan fingerprint density at radius 1 is 1.35 bits per heavy atom. The summed E-state index contributed by atoms with van der Waals surface area (Å²) in [6.07, 6.45) is 7.85. The number of nitrogens with zero attached hydrogens (tertiary/aromatic N) is 4. The van der Waals surface area contributed by atoms with Crippen molar-refractivity contribution in [1.29, 1.82) is 0 Å². The van der Waals surface area contributed by atoms with Gasteiger partial charge in [-0.1, -0.05) is 27.4 Å². The van der Waals surface area contributed by atoms with Crippen molar-refractivity contribution < 1.29 is 0 Å². The molecule has 0 aliphatic heterocycles. The number of rotatable bonds is 5. The predicted molar refractivity (Wildman–Crippen MR) is 80.2 cm³/mol. The summed E-state index contributed by atoms with van der Waals surface area (Å²) in [5.74, 6) is 1.07. The van der Waals surface area contributed by atoms with Gasteiger partial charge in [-0.15, -0.1) is 0 Å². The van der Waals surface area contributed by atoms with Crippen molar-refractivity contribution in [3.63, 3.8) is 0 Å². The molecule has 0 fully saturated rings. The highest BCUT2D eigenvalue weighted by atomic mass is 15.3. The van der Waals surface area contributed by atoms with Crippen molar-refractivity contribution in [3.8, 4) is 5.82 Å². The molecule has 2 rings (SSSR count). The molecule has 20 heavy (non-hydrogen) atoms.